The van der Waals surface area contributed by atoms with Crippen molar-refractivity contribution in [1.82, 2.24) is 4.72 Å². The molecule has 8 heteroatoms. The highest BCUT2D eigenvalue weighted by Gasteiger charge is 2.44. The first-order valence-corrected chi connectivity index (χ1v) is 17.9. The number of nitrogens with one attached hydrogen (secondary N) is 1. The molecule has 228 valence electrons. The molecule has 2 aromatic rings. The van der Waals surface area contributed by atoms with Gasteiger partial charge in [0.2, 0.25) is 10.0 Å². The Balaban J connectivity index is 1.42. The zero-order chi connectivity index (χ0) is 29.6. The number of benzene rings is 2. The second kappa shape index (κ2) is 11.7. The van der Waals surface area contributed by atoms with Gasteiger partial charge < -0.3 is 9.64 Å². The van der Waals surface area contributed by atoms with Gasteiger partial charge in [-0.05, 0) is 111 Å². The van der Waals surface area contributed by atoms with Gasteiger partial charge in [-0.3, -0.25) is 4.79 Å². The number of fused-ring (bicyclic) bond motifs is 4. The second-order valence-electron chi connectivity index (χ2n) is 13.5. The van der Waals surface area contributed by atoms with Crippen molar-refractivity contribution < 1.29 is 17.9 Å². The van der Waals surface area contributed by atoms with E-state index < -0.39 is 21.2 Å². The average molecular weight is 613 g/mol. The lowest BCUT2D eigenvalue weighted by molar-refractivity contribution is 0.0951. The molecule has 0 unspecified atom stereocenters. The Bertz CT molecular complexity index is 1450. The van der Waals surface area contributed by atoms with Crippen LogP contribution in [0.25, 0.3) is 0 Å². The van der Waals surface area contributed by atoms with E-state index in [1.807, 2.05) is 25.1 Å². The lowest BCUT2D eigenvalue weighted by atomic mass is 9.64. The largest absolute Gasteiger partial charge is 0.490 e. The minimum atomic E-state index is -3.82. The Hall–Kier alpha value is -2.25. The molecule has 2 heterocycles. The fourth-order valence-corrected chi connectivity index (χ4v) is 9.73. The summed E-state index contributed by atoms with van der Waals surface area (Å²) in [6, 6.07) is 11.7. The molecule has 0 saturated heterocycles. The molecule has 6 atom stereocenters. The first kappa shape index (κ1) is 29.8. The number of hydrogen-bond donors (Lipinski definition) is 1. The van der Waals surface area contributed by atoms with Crippen LogP contribution in [0.2, 0.25) is 5.02 Å². The summed E-state index contributed by atoms with van der Waals surface area (Å²) in [5, 5.41) is 0.122. The van der Waals surface area contributed by atoms with Gasteiger partial charge in [0.25, 0.3) is 5.91 Å². The number of halogens is 1. The standard InChI is InChI=1S/C34H45ClN2O4S/c1-4-24-8-5-7-22(2)23(3)42(39,40)36-33(38)26-11-15-32-31(18-26)37(19-27-10-13-29(24)27)20-34(21-41-32)16-6-9-25-17-28(35)12-14-30(25)34/h11-12,14-15,17-18,22-24,27,29H,4-10,13,16,19-21H2,1-3H3,(H,36,38)/t22-,23+,24+,27-,29-,34-/m0/s1. The van der Waals surface area contributed by atoms with Crippen molar-refractivity contribution >= 4 is 33.2 Å². The molecule has 1 N–H and O–H groups in total. The van der Waals surface area contributed by atoms with Crippen LogP contribution in [0.3, 0.4) is 0 Å². The molecular weight excluding hydrogens is 568 g/mol. The summed E-state index contributed by atoms with van der Waals surface area (Å²) in [4.78, 5) is 15.9. The van der Waals surface area contributed by atoms with E-state index in [4.69, 9.17) is 16.3 Å². The maximum Gasteiger partial charge on any atom is 0.264 e. The van der Waals surface area contributed by atoms with Gasteiger partial charge in [-0.25, -0.2) is 13.1 Å². The summed E-state index contributed by atoms with van der Waals surface area (Å²) in [6.07, 6.45) is 9.74. The van der Waals surface area contributed by atoms with Crippen molar-refractivity contribution in [3.8, 4) is 5.75 Å². The minimum Gasteiger partial charge on any atom is -0.490 e. The molecule has 6 rings (SSSR count). The third-order valence-electron chi connectivity index (χ3n) is 11.1. The molecule has 2 aromatic carbocycles. The van der Waals surface area contributed by atoms with Gasteiger partial charge >= 0.3 is 0 Å². The Kier molecular flexibility index (Phi) is 8.29. The van der Waals surface area contributed by atoms with Gasteiger partial charge in [-0.15, -0.1) is 0 Å². The predicted octanol–water partition coefficient (Wildman–Crippen LogP) is 7.13. The van der Waals surface area contributed by atoms with Crippen LogP contribution in [0.4, 0.5) is 5.69 Å². The summed E-state index contributed by atoms with van der Waals surface area (Å²) in [5.41, 5.74) is 3.69. The number of amides is 1. The number of hydrogen-bond acceptors (Lipinski definition) is 5. The molecule has 6 nitrogen and oxygen atoms in total. The number of aryl methyl sites for hydroxylation is 1. The third kappa shape index (κ3) is 5.56. The zero-order valence-corrected chi connectivity index (χ0v) is 26.8. The zero-order valence-electron chi connectivity index (χ0n) is 25.2. The van der Waals surface area contributed by atoms with Crippen molar-refractivity contribution in [2.75, 3.05) is 24.6 Å². The summed E-state index contributed by atoms with van der Waals surface area (Å²) in [5.74, 6) is 2.07. The molecule has 42 heavy (non-hydrogen) atoms. The fraction of sp³-hybridized carbons (Fsp3) is 0.618. The van der Waals surface area contributed by atoms with Crippen molar-refractivity contribution in [2.45, 2.75) is 89.2 Å². The van der Waals surface area contributed by atoms with Gasteiger partial charge in [0.05, 0.1) is 17.5 Å². The lowest BCUT2D eigenvalue weighted by Gasteiger charge is -2.47. The van der Waals surface area contributed by atoms with E-state index in [2.05, 4.69) is 28.7 Å². The fourth-order valence-electron chi connectivity index (χ4n) is 8.23. The van der Waals surface area contributed by atoms with Crippen LogP contribution in [0.1, 0.15) is 93.6 Å². The van der Waals surface area contributed by atoms with Crippen LogP contribution < -0.4 is 14.4 Å². The predicted molar refractivity (Wildman–Crippen MR) is 169 cm³/mol. The van der Waals surface area contributed by atoms with Gasteiger partial charge in [0, 0.05) is 29.1 Å². The van der Waals surface area contributed by atoms with Crippen LogP contribution in [0.15, 0.2) is 36.4 Å². The van der Waals surface area contributed by atoms with E-state index >= 15 is 0 Å². The van der Waals surface area contributed by atoms with E-state index in [-0.39, 0.29) is 11.3 Å². The van der Waals surface area contributed by atoms with Crippen LogP contribution in [-0.4, -0.2) is 39.3 Å². The van der Waals surface area contributed by atoms with Crippen LogP contribution in [0.5, 0.6) is 5.75 Å². The second-order valence-corrected chi connectivity index (χ2v) is 16.0. The number of carbonyl (C=O) groups excluding carboxylic acids is 1. The summed E-state index contributed by atoms with van der Waals surface area (Å²) < 4.78 is 35.5. The first-order chi connectivity index (χ1) is 20.1. The van der Waals surface area contributed by atoms with E-state index in [9.17, 15) is 13.2 Å². The molecule has 1 amide bonds. The quantitative estimate of drug-likeness (QED) is 0.371. The Morgan fingerprint density at radius 1 is 1.07 bits per heavy atom. The average Bonchev–Trinajstić information content (AvgIpc) is 3.10. The summed E-state index contributed by atoms with van der Waals surface area (Å²) in [7, 11) is -3.82. The van der Waals surface area contributed by atoms with E-state index in [1.54, 1.807) is 13.0 Å². The highest BCUT2D eigenvalue weighted by atomic mass is 35.5. The summed E-state index contributed by atoms with van der Waals surface area (Å²) in [6.45, 7) is 8.31. The molecule has 0 radical (unpaired) electrons. The minimum absolute atomic E-state index is 0.0294. The van der Waals surface area contributed by atoms with Crippen LogP contribution in [0, 0.1) is 23.7 Å². The summed E-state index contributed by atoms with van der Waals surface area (Å²) >= 11 is 6.42. The van der Waals surface area contributed by atoms with Gasteiger partial charge in [0.15, 0.2) is 0 Å². The monoisotopic (exact) mass is 612 g/mol. The topological polar surface area (TPSA) is 75.7 Å². The smallest absolute Gasteiger partial charge is 0.264 e. The Morgan fingerprint density at radius 3 is 2.67 bits per heavy atom. The van der Waals surface area contributed by atoms with Crippen molar-refractivity contribution in [1.29, 1.82) is 0 Å². The number of anilines is 1. The van der Waals surface area contributed by atoms with Gasteiger partial charge in [-0.1, -0.05) is 50.8 Å². The van der Waals surface area contributed by atoms with Crippen LogP contribution >= 0.6 is 11.6 Å². The number of ether oxygens (including phenoxy) is 1. The van der Waals surface area contributed by atoms with Gasteiger partial charge in [-0.2, -0.15) is 0 Å². The SMILES string of the molecule is CC[C@@H]1CCC[C@H](C)[C@@H](C)S(=O)(=O)NC(=O)c2ccc3c(c2)N(C[C@@H]2CC[C@@H]12)C[C@@]1(CCCc2cc(Cl)ccc21)CO3. The van der Waals surface area contributed by atoms with Crippen molar-refractivity contribution in [3.05, 3.63) is 58.1 Å². The molecule has 2 aliphatic heterocycles. The number of rotatable bonds is 1. The highest BCUT2D eigenvalue weighted by molar-refractivity contribution is 7.90. The molecule has 1 saturated carbocycles. The van der Waals surface area contributed by atoms with Gasteiger partial charge in [0.1, 0.15) is 5.75 Å². The van der Waals surface area contributed by atoms with Crippen LogP contribution in [-0.2, 0) is 21.9 Å². The number of carbonyl (C=O) groups is 1. The molecule has 1 fully saturated rings. The third-order valence-corrected chi connectivity index (χ3v) is 13.3. The molecule has 2 bridgehead atoms. The Labute approximate surface area is 256 Å². The van der Waals surface area contributed by atoms with Crippen molar-refractivity contribution in [2.24, 2.45) is 23.7 Å². The molecule has 4 aliphatic rings. The lowest BCUT2D eigenvalue weighted by Crippen LogP contribution is -2.49. The van der Waals surface area contributed by atoms with E-state index in [0.717, 1.165) is 74.5 Å². The first-order valence-electron chi connectivity index (χ1n) is 16.0. The number of sulfonamides is 1. The Morgan fingerprint density at radius 2 is 1.90 bits per heavy atom. The molecule has 1 spiro atoms. The molecule has 0 aromatic heterocycles. The van der Waals surface area contributed by atoms with Crippen molar-refractivity contribution in [3.63, 3.8) is 0 Å². The molecular formula is C34H45ClN2O4S. The maximum absolute atomic E-state index is 13.4. The number of nitrogens with zero attached hydrogens (tertiary/aromatic N) is 1. The normalized spacial score (nSPS) is 32.9. The highest BCUT2D eigenvalue weighted by Crippen LogP contribution is 2.48. The van der Waals surface area contributed by atoms with E-state index in [1.165, 1.54) is 24.0 Å². The molecule has 2 aliphatic carbocycles. The maximum atomic E-state index is 13.4. The van der Waals surface area contributed by atoms with E-state index in [0.29, 0.717) is 29.9 Å².